The molecule has 9 heteroatoms. The van der Waals surface area contributed by atoms with Gasteiger partial charge < -0.3 is 19.3 Å². The molecule has 0 amide bonds. The van der Waals surface area contributed by atoms with E-state index in [1.807, 2.05) is 6.07 Å². The Morgan fingerprint density at radius 2 is 1.55 bits per heavy atom. The van der Waals surface area contributed by atoms with E-state index in [0.717, 1.165) is 11.6 Å². The number of aldehydes is 1. The van der Waals surface area contributed by atoms with E-state index in [4.69, 9.17) is 14.2 Å². The molecule has 0 aliphatic rings. The van der Waals surface area contributed by atoms with Crippen LogP contribution in [0.25, 0.3) is 12.2 Å². The van der Waals surface area contributed by atoms with Gasteiger partial charge in [0.05, 0.1) is 26.2 Å². The third kappa shape index (κ3) is 7.61. The van der Waals surface area contributed by atoms with Crippen LogP contribution in [0.2, 0.25) is 0 Å². The number of ketones is 3. The van der Waals surface area contributed by atoms with Crippen LogP contribution < -0.4 is 9.47 Å². The number of esters is 1. The third-order valence-corrected chi connectivity index (χ3v) is 5.65. The number of rotatable bonds is 13. The molecule has 0 fully saturated rings. The fourth-order valence-corrected chi connectivity index (χ4v) is 3.67. The van der Waals surface area contributed by atoms with E-state index in [1.165, 1.54) is 56.7 Å². The van der Waals surface area contributed by atoms with Gasteiger partial charge in [0.25, 0.3) is 0 Å². The van der Waals surface area contributed by atoms with Crippen molar-refractivity contribution in [1.82, 2.24) is 0 Å². The number of ether oxygens (including phenoxy) is 3. The minimum atomic E-state index is -0.899. The lowest BCUT2D eigenvalue weighted by Gasteiger charge is -2.14. The highest BCUT2D eigenvalue weighted by Crippen LogP contribution is 2.30. The lowest BCUT2D eigenvalue weighted by molar-refractivity contribution is -0.121. The molecule has 0 atom stereocenters. The molecule has 0 heterocycles. The van der Waals surface area contributed by atoms with Crippen molar-refractivity contribution in [2.75, 3.05) is 14.2 Å². The van der Waals surface area contributed by atoms with Crippen molar-refractivity contribution in [3.63, 3.8) is 0 Å². The van der Waals surface area contributed by atoms with Crippen LogP contribution in [-0.4, -0.2) is 48.9 Å². The molecule has 204 valence electrons. The van der Waals surface area contributed by atoms with Crippen molar-refractivity contribution in [2.45, 2.75) is 13.0 Å². The van der Waals surface area contributed by atoms with Crippen LogP contribution in [0.5, 0.6) is 17.2 Å². The first-order chi connectivity index (χ1) is 19.3. The number of methoxy groups -OCH3 is 2. The number of hydrogen-bond acceptors (Lipinski definition) is 9. The molecule has 3 aromatic carbocycles. The summed E-state index contributed by atoms with van der Waals surface area (Å²) in [4.78, 5) is 61.2. The minimum Gasteiger partial charge on any atom is -0.504 e. The Morgan fingerprint density at radius 3 is 2.20 bits per heavy atom. The summed E-state index contributed by atoms with van der Waals surface area (Å²) >= 11 is 0. The fourth-order valence-electron chi connectivity index (χ4n) is 3.67. The number of phenols is 1. The number of carbonyl (C=O) groups is 5. The van der Waals surface area contributed by atoms with Gasteiger partial charge in [0, 0.05) is 0 Å². The number of hydrogen-bond donors (Lipinski definition) is 1. The summed E-state index contributed by atoms with van der Waals surface area (Å²) in [6.07, 6.45) is 4.79. The monoisotopic (exact) mass is 542 g/mol. The first-order valence-electron chi connectivity index (χ1n) is 12.0. The Labute approximate surface area is 230 Å². The standard InChI is InChI=1S/C31H26O9/c1-38-28-16-20(9-15-26(28)35)8-12-23(33)17-24(34)13-10-22-11-14-25(27(36)18-32)30(39-2)29(22)31(37)40-19-21-6-4-3-5-7-21/h3-16,18,35H,17,19H2,1-2H3. The first-order valence-corrected chi connectivity index (χ1v) is 12.0. The number of carbonyl (C=O) groups excluding carboxylic acids is 5. The van der Waals surface area contributed by atoms with Gasteiger partial charge in [-0.15, -0.1) is 0 Å². The molecule has 0 aromatic heterocycles. The Kier molecular flexibility index (Phi) is 10.2. The van der Waals surface area contributed by atoms with Crippen LogP contribution in [-0.2, 0) is 25.7 Å². The minimum absolute atomic E-state index is 0.0465. The van der Waals surface area contributed by atoms with Gasteiger partial charge in [0.15, 0.2) is 29.4 Å². The average Bonchev–Trinajstić information content (AvgIpc) is 2.97. The number of Topliss-reactive ketones (excluding diaryl/α,β-unsaturated/α-hetero) is 1. The predicted molar refractivity (Wildman–Crippen MR) is 146 cm³/mol. The van der Waals surface area contributed by atoms with Crippen molar-refractivity contribution >= 4 is 41.8 Å². The second-order valence-electron chi connectivity index (χ2n) is 8.36. The molecule has 0 saturated carbocycles. The smallest absolute Gasteiger partial charge is 0.342 e. The van der Waals surface area contributed by atoms with Crippen LogP contribution in [0, 0.1) is 0 Å². The lowest BCUT2D eigenvalue weighted by Crippen LogP contribution is -2.13. The van der Waals surface area contributed by atoms with Gasteiger partial charge >= 0.3 is 5.97 Å². The predicted octanol–water partition coefficient (Wildman–Crippen LogP) is 4.40. The van der Waals surface area contributed by atoms with Gasteiger partial charge in [-0.05, 0) is 47.0 Å². The molecule has 3 rings (SSSR count). The van der Waals surface area contributed by atoms with Crippen LogP contribution in [0.15, 0.2) is 72.8 Å². The molecule has 0 bridgehead atoms. The Bertz CT molecular complexity index is 1480. The zero-order valence-corrected chi connectivity index (χ0v) is 21.8. The van der Waals surface area contributed by atoms with E-state index in [0.29, 0.717) is 5.56 Å². The summed E-state index contributed by atoms with van der Waals surface area (Å²) in [5.41, 5.74) is 1.20. The van der Waals surface area contributed by atoms with Gasteiger partial charge in [-0.2, -0.15) is 0 Å². The van der Waals surface area contributed by atoms with Crippen LogP contribution in [0.1, 0.15) is 43.8 Å². The molecule has 0 aliphatic carbocycles. The highest BCUT2D eigenvalue weighted by molar-refractivity contribution is 6.34. The van der Waals surface area contributed by atoms with Gasteiger partial charge in [0.1, 0.15) is 17.9 Å². The van der Waals surface area contributed by atoms with Crippen LogP contribution in [0.3, 0.4) is 0 Å². The normalized spacial score (nSPS) is 10.8. The molecule has 0 saturated heterocycles. The van der Waals surface area contributed by atoms with E-state index in [2.05, 4.69) is 0 Å². The summed E-state index contributed by atoms with van der Waals surface area (Å²) in [6, 6.07) is 16.1. The molecule has 1 N–H and O–H groups in total. The fraction of sp³-hybridized carbons (Fsp3) is 0.129. The maximum absolute atomic E-state index is 13.1. The van der Waals surface area contributed by atoms with E-state index in [9.17, 15) is 29.1 Å². The number of benzene rings is 3. The van der Waals surface area contributed by atoms with Gasteiger partial charge in [-0.25, -0.2) is 4.79 Å². The zero-order chi connectivity index (χ0) is 29.1. The lowest BCUT2D eigenvalue weighted by atomic mass is 9.98. The van der Waals surface area contributed by atoms with Crippen molar-refractivity contribution in [3.8, 4) is 17.2 Å². The largest absolute Gasteiger partial charge is 0.504 e. The highest BCUT2D eigenvalue weighted by atomic mass is 16.5. The van der Waals surface area contributed by atoms with E-state index in [-0.39, 0.29) is 46.8 Å². The number of phenolic OH excluding ortho intramolecular Hbond substituents is 1. The average molecular weight is 543 g/mol. The molecule has 0 unspecified atom stereocenters. The van der Waals surface area contributed by atoms with Crippen molar-refractivity contribution in [1.29, 1.82) is 0 Å². The van der Waals surface area contributed by atoms with E-state index < -0.39 is 29.7 Å². The maximum Gasteiger partial charge on any atom is 0.342 e. The molecule has 0 radical (unpaired) electrons. The summed E-state index contributed by atoms with van der Waals surface area (Å²) in [5, 5.41) is 9.67. The highest BCUT2D eigenvalue weighted by Gasteiger charge is 2.24. The van der Waals surface area contributed by atoms with Gasteiger partial charge in [-0.1, -0.05) is 54.6 Å². The molecule has 40 heavy (non-hydrogen) atoms. The molecule has 3 aromatic rings. The van der Waals surface area contributed by atoms with Gasteiger partial charge in [-0.3, -0.25) is 19.2 Å². The van der Waals surface area contributed by atoms with Crippen LogP contribution in [0.4, 0.5) is 0 Å². The topological polar surface area (TPSA) is 133 Å². The quantitative estimate of drug-likeness (QED) is 0.0833. The van der Waals surface area contributed by atoms with E-state index >= 15 is 0 Å². The summed E-state index contributed by atoms with van der Waals surface area (Å²) in [6.45, 7) is -0.0650. The number of aromatic hydroxyl groups is 1. The van der Waals surface area contributed by atoms with Gasteiger partial charge in [0.2, 0.25) is 5.78 Å². The summed E-state index contributed by atoms with van der Waals surface area (Å²) in [5.74, 6) is -2.74. The molecule has 9 nitrogen and oxygen atoms in total. The summed E-state index contributed by atoms with van der Waals surface area (Å²) in [7, 11) is 2.63. The Hall–Kier alpha value is -5.31. The Morgan fingerprint density at radius 1 is 0.850 bits per heavy atom. The molecular formula is C31H26O9. The second-order valence-corrected chi connectivity index (χ2v) is 8.36. The third-order valence-electron chi connectivity index (χ3n) is 5.65. The van der Waals surface area contributed by atoms with Crippen molar-refractivity contribution < 1.29 is 43.3 Å². The molecule has 0 spiro atoms. The summed E-state index contributed by atoms with van der Waals surface area (Å²) < 4.78 is 15.7. The van der Waals surface area contributed by atoms with Crippen LogP contribution >= 0.6 is 0 Å². The molecular weight excluding hydrogens is 516 g/mol. The second kappa shape index (κ2) is 14.0. The van der Waals surface area contributed by atoms with E-state index in [1.54, 1.807) is 30.3 Å². The van der Waals surface area contributed by atoms with Crippen molar-refractivity contribution in [2.24, 2.45) is 0 Å². The first kappa shape index (κ1) is 29.2. The molecule has 0 aliphatic heterocycles. The SMILES string of the molecule is COc1cc(C=CC(=O)CC(=O)C=Cc2ccc(C(=O)C=O)c(OC)c2C(=O)OCc2ccccc2)ccc1O. The zero-order valence-electron chi connectivity index (χ0n) is 21.8. The maximum atomic E-state index is 13.1. The van der Waals surface area contributed by atoms with Crippen molar-refractivity contribution in [3.05, 3.63) is 101 Å². The Balaban J connectivity index is 1.81. The number of allylic oxidation sites excluding steroid dienone is 2.